The highest BCUT2D eigenvalue weighted by molar-refractivity contribution is 7.89. The maximum Gasteiger partial charge on any atom is 0.275 e. The van der Waals surface area contributed by atoms with Gasteiger partial charge in [0, 0.05) is 11.6 Å². The monoisotopic (exact) mass is 408 g/mol. The van der Waals surface area contributed by atoms with Gasteiger partial charge in [0.15, 0.2) is 6.54 Å². The van der Waals surface area contributed by atoms with Gasteiger partial charge < -0.3 is 10.2 Å². The van der Waals surface area contributed by atoms with Gasteiger partial charge in [-0.15, -0.1) is 0 Å². The Labute approximate surface area is 164 Å². The van der Waals surface area contributed by atoms with Gasteiger partial charge >= 0.3 is 0 Å². The Hall–Kier alpha value is -1.93. The van der Waals surface area contributed by atoms with Gasteiger partial charge in [-0.3, -0.25) is 4.79 Å². The largest absolute Gasteiger partial charge is 0.347 e. The molecule has 0 bridgehead atoms. The zero-order valence-corrected chi connectivity index (χ0v) is 16.5. The summed E-state index contributed by atoms with van der Waals surface area (Å²) in [5.74, 6) is -0.0278. The Morgan fingerprint density at radius 1 is 1.07 bits per heavy atom. The molecule has 0 aromatic heterocycles. The van der Waals surface area contributed by atoms with E-state index in [-0.39, 0.29) is 10.8 Å². The minimum absolute atomic E-state index is 0.0278. The van der Waals surface area contributed by atoms with Crippen LogP contribution in [0.1, 0.15) is 5.56 Å². The van der Waals surface area contributed by atoms with Crippen LogP contribution in [0.2, 0.25) is 5.02 Å². The smallest absolute Gasteiger partial charge is 0.275 e. The van der Waals surface area contributed by atoms with Crippen molar-refractivity contribution >= 4 is 27.5 Å². The Kier molecular flexibility index (Phi) is 6.49. The summed E-state index contributed by atoms with van der Waals surface area (Å²) in [7, 11) is -3.55. The normalized spacial score (nSPS) is 16.2. The van der Waals surface area contributed by atoms with Crippen molar-refractivity contribution in [2.75, 3.05) is 32.7 Å². The zero-order chi connectivity index (χ0) is 19.3. The van der Waals surface area contributed by atoms with Crippen LogP contribution < -0.4 is 10.2 Å². The van der Waals surface area contributed by atoms with Crippen LogP contribution in [0.15, 0.2) is 59.5 Å². The van der Waals surface area contributed by atoms with Gasteiger partial charge in [-0.05, 0) is 23.8 Å². The summed E-state index contributed by atoms with van der Waals surface area (Å²) in [6.07, 6.45) is 0. The maximum atomic E-state index is 12.7. The highest BCUT2D eigenvalue weighted by Gasteiger charge is 2.31. The molecule has 0 unspecified atom stereocenters. The molecule has 0 spiro atoms. The molecule has 27 heavy (non-hydrogen) atoms. The molecule has 1 saturated heterocycles. The zero-order valence-electron chi connectivity index (χ0n) is 14.9. The molecule has 1 aliphatic rings. The predicted octanol–water partition coefficient (Wildman–Crippen LogP) is 0.546. The summed E-state index contributed by atoms with van der Waals surface area (Å²) in [5, 5.41) is 3.31. The lowest BCUT2D eigenvalue weighted by atomic mass is 10.2. The lowest BCUT2D eigenvalue weighted by Crippen LogP contribution is -3.15. The highest BCUT2D eigenvalue weighted by atomic mass is 35.5. The summed E-state index contributed by atoms with van der Waals surface area (Å²) in [6.45, 7) is 2.81. The topological polar surface area (TPSA) is 70.9 Å². The molecule has 1 aliphatic heterocycles. The van der Waals surface area contributed by atoms with E-state index in [4.69, 9.17) is 11.6 Å². The first-order chi connectivity index (χ1) is 12.9. The Morgan fingerprint density at radius 3 is 2.44 bits per heavy atom. The molecule has 1 heterocycles. The second-order valence-corrected chi connectivity index (χ2v) is 8.92. The van der Waals surface area contributed by atoms with Crippen molar-refractivity contribution in [2.45, 2.75) is 11.4 Å². The quantitative estimate of drug-likeness (QED) is 0.733. The number of quaternary nitrogens is 1. The Morgan fingerprint density at radius 2 is 1.78 bits per heavy atom. The fourth-order valence-electron chi connectivity index (χ4n) is 3.08. The molecule has 2 N–H and O–H groups in total. The van der Waals surface area contributed by atoms with Crippen LogP contribution in [0.4, 0.5) is 0 Å². The SMILES string of the molecule is O=C(C[NH+]1CCN(S(=O)(=O)c2cccc(Cl)c2)CC1)NCc1ccccc1. The molecule has 2 aromatic rings. The van der Waals surface area contributed by atoms with E-state index in [1.807, 2.05) is 30.3 Å². The molecule has 2 aromatic carbocycles. The second kappa shape index (κ2) is 8.84. The van der Waals surface area contributed by atoms with Crippen molar-refractivity contribution in [2.24, 2.45) is 0 Å². The standard InChI is InChI=1S/C19H22ClN3O3S/c20-17-7-4-8-18(13-17)27(25,26)23-11-9-22(10-12-23)15-19(24)21-14-16-5-2-1-3-6-16/h1-8,13H,9-12,14-15H2,(H,21,24)/p+1. The first kappa shape index (κ1) is 19.8. The first-order valence-electron chi connectivity index (χ1n) is 8.85. The molecular weight excluding hydrogens is 386 g/mol. The number of piperazine rings is 1. The molecule has 0 saturated carbocycles. The third-order valence-corrected chi connectivity index (χ3v) is 6.74. The summed E-state index contributed by atoms with van der Waals surface area (Å²) < 4.78 is 26.9. The maximum absolute atomic E-state index is 12.7. The van der Waals surface area contributed by atoms with Crippen LogP contribution in [0.5, 0.6) is 0 Å². The van der Waals surface area contributed by atoms with Crippen molar-refractivity contribution in [1.29, 1.82) is 0 Å². The van der Waals surface area contributed by atoms with Crippen LogP contribution in [0.3, 0.4) is 0 Å². The average Bonchev–Trinajstić information content (AvgIpc) is 2.68. The van der Waals surface area contributed by atoms with Gasteiger partial charge in [-0.25, -0.2) is 8.42 Å². The van der Waals surface area contributed by atoms with Crippen LogP contribution in [0.25, 0.3) is 0 Å². The van der Waals surface area contributed by atoms with Gasteiger partial charge in [-0.1, -0.05) is 48.0 Å². The van der Waals surface area contributed by atoms with E-state index in [0.717, 1.165) is 10.5 Å². The van der Waals surface area contributed by atoms with Crippen molar-refractivity contribution in [3.05, 3.63) is 65.2 Å². The molecule has 1 amide bonds. The molecule has 6 nitrogen and oxygen atoms in total. The van der Waals surface area contributed by atoms with E-state index >= 15 is 0 Å². The van der Waals surface area contributed by atoms with E-state index in [2.05, 4.69) is 5.32 Å². The molecule has 0 aliphatic carbocycles. The van der Waals surface area contributed by atoms with Crippen molar-refractivity contribution < 1.29 is 18.1 Å². The number of halogens is 1. The lowest BCUT2D eigenvalue weighted by Gasteiger charge is -2.31. The third-order valence-electron chi connectivity index (χ3n) is 4.61. The van der Waals surface area contributed by atoms with E-state index in [9.17, 15) is 13.2 Å². The number of nitrogens with zero attached hydrogens (tertiary/aromatic N) is 1. The lowest BCUT2D eigenvalue weighted by molar-refractivity contribution is -0.895. The molecule has 0 radical (unpaired) electrons. The molecule has 3 rings (SSSR count). The second-order valence-electron chi connectivity index (χ2n) is 6.55. The molecular formula is C19H23ClN3O3S+. The summed E-state index contributed by atoms with van der Waals surface area (Å²) in [6, 6.07) is 16.0. The van der Waals surface area contributed by atoms with Crippen LogP contribution >= 0.6 is 11.6 Å². The number of rotatable bonds is 6. The van der Waals surface area contributed by atoms with E-state index in [1.165, 1.54) is 10.4 Å². The van der Waals surface area contributed by atoms with Crippen molar-refractivity contribution in [3.8, 4) is 0 Å². The highest BCUT2D eigenvalue weighted by Crippen LogP contribution is 2.19. The molecule has 144 valence electrons. The van der Waals surface area contributed by atoms with Crippen LogP contribution in [0, 0.1) is 0 Å². The number of nitrogens with one attached hydrogen (secondary N) is 2. The number of benzene rings is 2. The van der Waals surface area contributed by atoms with Crippen LogP contribution in [-0.2, 0) is 21.4 Å². The molecule has 0 atom stereocenters. The van der Waals surface area contributed by atoms with E-state index in [0.29, 0.717) is 44.3 Å². The molecule has 1 fully saturated rings. The number of hydrogen-bond donors (Lipinski definition) is 2. The summed E-state index contributed by atoms with van der Waals surface area (Å²) in [4.78, 5) is 13.4. The predicted molar refractivity (Wildman–Crippen MR) is 104 cm³/mol. The Balaban J connectivity index is 1.49. The fourth-order valence-corrected chi connectivity index (χ4v) is 4.83. The van der Waals surface area contributed by atoms with Gasteiger partial charge in [0.2, 0.25) is 10.0 Å². The third kappa shape index (κ3) is 5.29. The fraction of sp³-hybridized carbons (Fsp3) is 0.316. The van der Waals surface area contributed by atoms with Gasteiger partial charge in [0.05, 0.1) is 31.1 Å². The van der Waals surface area contributed by atoms with Crippen molar-refractivity contribution in [1.82, 2.24) is 9.62 Å². The number of hydrogen-bond acceptors (Lipinski definition) is 3. The van der Waals surface area contributed by atoms with E-state index in [1.54, 1.807) is 18.2 Å². The van der Waals surface area contributed by atoms with Gasteiger partial charge in [0.25, 0.3) is 5.91 Å². The summed E-state index contributed by atoms with van der Waals surface area (Å²) >= 11 is 5.91. The molecule has 8 heteroatoms. The number of amides is 1. The van der Waals surface area contributed by atoms with Gasteiger partial charge in [0.1, 0.15) is 0 Å². The summed E-state index contributed by atoms with van der Waals surface area (Å²) in [5.41, 5.74) is 1.05. The van der Waals surface area contributed by atoms with Crippen LogP contribution in [-0.4, -0.2) is 51.4 Å². The Bertz CT molecular complexity index is 882. The average molecular weight is 409 g/mol. The number of carbonyl (C=O) groups is 1. The van der Waals surface area contributed by atoms with Gasteiger partial charge in [-0.2, -0.15) is 4.31 Å². The van der Waals surface area contributed by atoms with Crippen molar-refractivity contribution in [3.63, 3.8) is 0 Å². The van der Waals surface area contributed by atoms with E-state index < -0.39 is 10.0 Å². The first-order valence-corrected chi connectivity index (χ1v) is 10.7. The number of carbonyl (C=O) groups excluding carboxylic acids is 1. The minimum Gasteiger partial charge on any atom is -0.347 e. The minimum atomic E-state index is -3.55. The number of sulfonamides is 1.